The van der Waals surface area contributed by atoms with Gasteiger partial charge in [0.25, 0.3) is 5.97 Å². The maximum atomic E-state index is 13.2. The molecule has 0 aromatic carbocycles. The molecule has 166 valence electrons. The van der Waals surface area contributed by atoms with Gasteiger partial charge in [0.05, 0.1) is 6.10 Å². The molecular weight excluding hydrogens is 384 g/mol. The van der Waals surface area contributed by atoms with E-state index in [1.807, 2.05) is 6.08 Å². The van der Waals surface area contributed by atoms with Gasteiger partial charge in [0.2, 0.25) is 0 Å². The Morgan fingerprint density at radius 3 is 2.63 bits per heavy atom. The first-order valence-electron chi connectivity index (χ1n) is 11.4. The lowest BCUT2D eigenvalue weighted by molar-refractivity contribution is -0.415. The average molecular weight is 419 g/mol. The van der Waals surface area contributed by atoms with Gasteiger partial charge in [0, 0.05) is 25.9 Å². The van der Waals surface area contributed by atoms with Gasteiger partial charge in [0.15, 0.2) is 11.6 Å². The highest BCUT2D eigenvalue weighted by Gasteiger charge is 2.71. The van der Waals surface area contributed by atoms with Gasteiger partial charge in [-0.3, -0.25) is 9.59 Å². The molecule has 0 bridgehead atoms. The molecule has 0 aromatic rings. The predicted molar refractivity (Wildman–Crippen MR) is 108 cm³/mol. The molecule has 5 rings (SSSR count). The molecule has 30 heavy (non-hydrogen) atoms. The second kappa shape index (κ2) is 6.47. The molecule has 1 N–H and O–H groups in total. The van der Waals surface area contributed by atoms with Crippen LogP contribution in [0.1, 0.15) is 65.7 Å². The number of hydrogen-bond donors (Lipinski definition) is 1. The fraction of sp³-hybridized carbons (Fsp3) is 0.833. The van der Waals surface area contributed by atoms with Gasteiger partial charge >= 0.3 is 0 Å². The summed E-state index contributed by atoms with van der Waals surface area (Å²) in [6.07, 6.45) is 6.64. The van der Waals surface area contributed by atoms with Gasteiger partial charge in [0.1, 0.15) is 12.2 Å². The number of methoxy groups -OCH3 is 1. The predicted octanol–water partition coefficient (Wildman–Crippen LogP) is 3.16. The molecule has 8 atom stereocenters. The largest absolute Gasteiger partial charge is 0.393 e. The number of aliphatic hydroxyl groups excluding tert-OH is 1. The van der Waals surface area contributed by atoms with Crippen molar-refractivity contribution in [2.45, 2.75) is 83.4 Å². The summed E-state index contributed by atoms with van der Waals surface area (Å²) in [6.45, 7) is 6.08. The van der Waals surface area contributed by atoms with Crippen LogP contribution in [0.3, 0.4) is 0 Å². The number of rotatable bonds is 1. The van der Waals surface area contributed by atoms with E-state index >= 15 is 0 Å². The van der Waals surface area contributed by atoms with Crippen molar-refractivity contribution in [1.82, 2.24) is 0 Å². The molecule has 1 aliphatic heterocycles. The lowest BCUT2D eigenvalue weighted by Gasteiger charge is -2.61. The van der Waals surface area contributed by atoms with Crippen molar-refractivity contribution in [3.05, 3.63) is 11.6 Å². The molecule has 3 saturated carbocycles. The molecule has 0 amide bonds. The first kappa shape index (κ1) is 20.8. The molecule has 4 fully saturated rings. The van der Waals surface area contributed by atoms with E-state index in [2.05, 4.69) is 13.8 Å². The van der Waals surface area contributed by atoms with Crippen LogP contribution in [0, 0.1) is 28.6 Å². The molecule has 6 heteroatoms. The molecule has 6 unspecified atom stereocenters. The van der Waals surface area contributed by atoms with Crippen molar-refractivity contribution in [2.75, 3.05) is 13.7 Å². The lowest BCUT2D eigenvalue weighted by Crippen LogP contribution is -2.67. The van der Waals surface area contributed by atoms with E-state index in [4.69, 9.17) is 14.2 Å². The maximum absolute atomic E-state index is 13.2. The number of carbonyl (C=O) groups is 2. The summed E-state index contributed by atoms with van der Waals surface area (Å²) in [6, 6.07) is 0. The molecule has 1 spiro atoms. The Hall–Kier alpha value is -1.08. The van der Waals surface area contributed by atoms with Crippen molar-refractivity contribution in [1.29, 1.82) is 0 Å². The van der Waals surface area contributed by atoms with E-state index < -0.39 is 23.1 Å². The maximum Gasteiger partial charge on any atom is 0.281 e. The van der Waals surface area contributed by atoms with Crippen molar-refractivity contribution in [3.63, 3.8) is 0 Å². The zero-order valence-corrected chi connectivity index (χ0v) is 18.5. The van der Waals surface area contributed by atoms with Gasteiger partial charge < -0.3 is 19.3 Å². The smallest absolute Gasteiger partial charge is 0.281 e. The SMILES string of the molecule is COC1(C)OCC(=O)[C@]2(CCC3C4CCC5=CC(=O)CCC5(C)C4[C@@H](O)CC32C)O1. The first-order chi connectivity index (χ1) is 14.1. The van der Waals surface area contributed by atoms with Gasteiger partial charge in [-0.2, -0.15) is 0 Å². The van der Waals surface area contributed by atoms with E-state index in [-0.39, 0.29) is 29.5 Å². The Bertz CT molecular complexity index is 821. The van der Waals surface area contributed by atoms with Crippen LogP contribution in [0.15, 0.2) is 11.6 Å². The summed E-state index contributed by atoms with van der Waals surface area (Å²) >= 11 is 0. The van der Waals surface area contributed by atoms with Crippen LogP contribution in [0.4, 0.5) is 0 Å². The highest BCUT2D eigenvalue weighted by molar-refractivity contribution is 5.92. The molecular formula is C24H34O6. The van der Waals surface area contributed by atoms with Crippen LogP contribution in [-0.4, -0.2) is 48.1 Å². The Kier molecular flexibility index (Phi) is 4.49. The topological polar surface area (TPSA) is 82.1 Å². The Morgan fingerprint density at radius 2 is 1.90 bits per heavy atom. The number of ether oxygens (including phenoxy) is 3. The van der Waals surface area contributed by atoms with Crippen molar-refractivity contribution in [2.24, 2.45) is 28.6 Å². The zero-order chi connectivity index (χ0) is 21.5. The monoisotopic (exact) mass is 418 g/mol. The van der Waals surface area contributed by atoms with Gasteiger partial charge in [-0.15, -0.1) is 0 Å². The van der Waals surface area contributed by atoms with Crippen LogP contribution in [0.2, 0.25) is 0 Å². The standard InChI is InChI=1S/C24H34O6/c1-21-9-7-15(25)11-14(21)5-6-16-17-8-10-24(22(17,2)12-18(26)20(16)21)19(27)13-29-23(3,28-4)30-24/h11,16-18,20,26H,5-10,12-13H2,1-4H3/t16?,17?,18-,20?,21?,22?,23?,24-/m0/s1. The first-order valence-corrected chi connectivity index (χ1v) is 11.4. The molecule has 0 radical (unpaired) electrons. The molecule has 1 saturated heterocycles. The van der Waals surface area contributed by atoms with Crippen molar-refractivity contribution < 1.29 is 28.9 Å². The minimum absolute atomic E-state index is 0.0243. The van der Waals surface area contributed by atoms with Crippen LogP contribution >= 0.6 is 0 Å². The number of allylic oxidation sites excluding steroid dienone is 1. The Morgan fingerprint density at radius 1 is 1.13 bits per heavy atom. The van der Waals surface area contributed by atoms with E-state index in [0.717, 1.165) is 25.7 Å². The Labute approximate surface area is 178 Å². The molecule has 1 heterocycles. The number of hydrogen-bond acceptors (Lipinski definition) is 6. The van der Waals surface area contributed by atoms with Crippen LogP contribution < -0.4 is 0 Å². The minimum Gasteiger partial charge on any atom is -0.393 e. The van der Waals surface area contributed by atoms with Crippen LogP contribution in [0.25, 0.3) is 0 Å². The fourth-order valence-corrected chi connectivity index (χ4v) is 8.12. The second-order valence-corrected chi connectivity index (χ2v) is 10.8. The number of aliphatic hydroxyl groups is 1. The zero-order valence-electron chi connectivity index (χ0n) is 18.5. The quantitative estimate of drug-likeness (QED) is 0.704. The second-order valence-electron chi connectivity index (χ2n) is 10.8. The van der Waals surface area contributed by atoms with Gasteiger partial charge in [-0.05, 0) is 67.8 Å². The van der Waals surface area contributed by atoms with E-state index in [0.29, 0.717) is 31.1 Å². The third-order valence-corrected chi connectivity index (χ3v) is 9.66. The summed E-state index contributed by atoms with van der Waals surface area (Å²) in [5.74, 6) is -0.310. The number of carbonyl (C=O) groups excluding carboxylic acids is 2. The summed E-state index contributed by atoms with van der Waals surface area (Å²) in [5, 5.41) is 11.5. The molecule has 4 aliphatic carbocycles. The Balaban J connectivity index is 1.54. The summed E-state index contributed by atoms with van der Waals surface area (Å²) in [7, 11) is 1.53. The van der Waals surface area contributed by atoms with Gasteiger partial charge in [-0.25, -0.2) is 0 Å². The van der Waals surface area contributed by atoms with Crippen LogP contribution in [0.5, 0.6) is 0 Å². The number of Topliss-reactive ketones (excluding diaryl/α,β-unsaturated/α-hetero) is 1. The summed E-state index contributed by atoms with van der Waals surface area (Å²) in [5.41, 5.74) is -0.349. The van der Waals surface area contributed by atoms with Crippen molar-refractivity contribution >= 4 is 11.6 Å². The van der Waals surface area contributed by atoms with E-state index in [1.54, 1.807) is 6.92 Å². The van der Waals surface area contributed by atoms with E-state index in [9.17, 15) is 14.7 Å². The molecule has 6 nitrogen and oxygen atoms in total. The summed E-state index contributed by atoms with van der Waals surface area (Å²) in [4.78, 5) is 25.3. The summed E-state index contributed by atoms with van der Waals surface area (Å²) < 4.78 is 17.4. The van der Waals surface area contributed by atoms with Gasteiger partial charge in [-0.1, -0.05) is 19.4 Å². The number of fused-ring (bicyclic) bond motifs is 6. The minimum atomic E-state index is -1.24. The molecule has 0 aromatic heterocycles. The highest BCUT2D eigenvalue weighted by atomic mass is 16.9. The third kappa shape index (κ3) is 2.51. The average Bonchev–Trinajstić information content (AvgIpc) is 2.98. The normalized spacial score (nSPS) is 53.2. The van der Waals surface area contributed by atoms with E-state index in [1.165, 1.54) is 12.7 Å². The highest BCUT2D eigenvalue weighted by Crippen LogP contribution is 2.69. The lowest BCUT2D eigenvalue weighted by atomic mass is 9.45. The third-order valence-electron chi connectivity index (χ3n) is 9.66. The van der Waals surface area contributed by atoms with Crippen molar-refractivity contribution in [3.8, 4) is 0 Å². The fourth-order valence-electron chi connectivity index (χ4n) is 8.12. The molecule has 5 aliphatic rings. The van der Waals surface area contributed by atoms with Crippen LogP contribution in [-0.2, 0) is 23.8 Å². The number of ketones is 2.